The lowest BCUT2D eigenvalue weighted by atomic mass is 10.1. The van der Waals surface area contributed by atoms with E-state index < -0.39 is 34.6 Å². The molecule has 0 N–H and O–H groups in total. The van der Waals surface area contributed by atoms with Gasteiger partial charge in [-0.05, 0) is 27.7 Å². The summed E-state index contributed by atoms with van der Waals surface area (Å²) in [6, 6.07) is 1.31. The molecule has 1 unspecified atom stereocenters. The first-order chi connectivity index (χ1) is 17.3. The van der Waals surface area contributed by atoms with Gasteiger partial charge >= 0.3 is 6.18 Å². The van der Waals surface area contributed by atoms with Crippen LogP contribution in [0, 0.1) is 0 Å². The molecule has 2 atom stereocenters. The molecule has 0 saturated carbocycles. The number of nitrogens with zero attached hydrogens (tertiary/aromatic N) is 5. The molecule has 10 nitrogen and oxygen atoms in total. The number of hydrogen-bond donors (Lipinski definition) is 0. The van der Waals surface area contributed by atoms with E-state index in [4.69, 9.17) is 14.2 Å². The number of rotatable bonds is 5. The maximum absolute atomic E-state index is 14.4. The van der Waals surface area contributed by atoms with Gasteiger partial charge in [0.25, 0.3) is 10.2 Å². The third-order valence-electron chi connectivity index (χ3n) is 6.52. The number of anilines is 2. The molecule has 37 heavy (non-hydrogen) atoms. The number of ether oxygens (including phenoxy) is 3. The zero-order chi connectivity index (χ0) is 27.0. The summed E-state index contributed by atoms with van der Waals surface area (Å²) < 4.78 is 88.2. The number of piperazine rings is 1. The van der Waals surface area contributed by atoms with E-state index in [1.54, 1.807) is 12.1 Å². The Morgan fingerprint density at radius 2 is 1.62 bits per heavy atom. The van der Waals surface area contributed by atoms with E-state index in [1.807, 2.05) is 27.7 Å². The smallest absolute Gasteiger partial charge is 0.410 e. The van der Waals surface area contributed by atoms with Crippen molar-refractivity contribution in [3.8, 4) is 5.88 Å². The van der Waals surface area contributed by atoms with E-state index in [0.717, 1.165) is 9.21 Å². The van der Waals surface area contributed by atoms with Crippen molar-refractivity contribution in [2.75, 3.05) is 75.5 Å². The van der Waals surface area contributed by atoms with E-state index in [9.17, 15) is 21.6 Å². The molecule has 0 amide bonds. The molecule has 0 radical (unpaired) electrons. The molecule has 0 bridgehead atoms. The molecule has 210 valence electrons. The number of halogens is 3. The minimum Gasteiger partial charge on any atom is -0.472 e. The lowest BCUT2D eigenvalue weighted by Gasteiger charge is -2.44. The van der Waals surface area contributed by atoms with Crippen molar-refractivity contribution in [2.24, 2.45) is 0 Å². The molecular weight excluding hydrogens is 515 g/mol. The maximum Gasteiger partial charge on any atom is 0.410 e. The molecule has 4 rings (SSSR count). The van der Waals surface area contributed by atoms with Crippen LogP contribution in [0.1, 0.15) is 27.7 Å². The van der Waals surface area contributed by atoms with Crippen LogP contribution < -0.4 is 14.5 Å². The lowest BCUT2D eigenvalue weighted by molar-refractivity contribution is -0.153. The highest BCUT2D eigenvalue weighted by atomic mass is 32.2. The molecule has 3 saturated heterocycles. The SMILES string of the molecule is C[C@@H]1COCCN1c1cc(OC(C)(C)C)nc(N2CCN(S(=O)(=O)N3CCOCC3)CC2C(F)(F)F)c1. The number of alkyl halides is 3. The van der Waals surface area contributed by atoms with Crippen LogP contribution in [0.5, 0.6) is 5.88 Å². The van der Waals surface area contributed by atoms with E-state index in [-0.39, 0.29) is 57.1 Å². The fraction of sp³-hybridized carbons (Fsp3) is 0.783. The lowest BCUT2D eigenvalue weighted by Crippen LogP contribution is -2.62. The first-order valence-corrected chi connectivity index (χ1v) is 13.9. The summed E-state index contributed by atoms with van der Waals surface area (Å²) in [6.45, 7) is 8.76. The van der Waals surface area contributed by atoms with E-state index >= 15 is 0 Å². The van der Waals surface area contributed by atoms with E-state index in [1.165, 1.54) is 4.31 Å². The van der Waals surface area contributed by atoms with Crippen LogP contribution in [-0.4, -0.2) is 112 Å². The van der Waals surface area contributed by atoms with E-state index in [0.29, 0.717) is 25.4 Å². The van der Waals surface area contributed by atoms with Crippen molar-refractivity contribution in [3.63, 3.8) is 0 Å². The molecule has 3 aliphatic heterocycles. The third-order valence-corrected chi connectivity index (χ3v) is 8.52. The van der Waals surface area contributed by atoms with Crippen molar-refractivity contribution < 1.29 is 35.8 Å². The maximum atomic E-state index is 14.4. The second kappa shape index (κ2) is 10.7. The molecule has 4 heterocycles. The Morgan fingerprint density at radius 1 is 0.946 bits per heavy atom. The first kappa shape index (κ1) is 28.1. The average molecular weight is 552 g/mol. The minimum atomic E-state index is -4.69. The molecule has 1 aromatic heterocycles. The fourth-order valence-corrected chi connectivity index (χ4v) is 6.31. The van der Waals surface area contributed by atoms with Crippen LogP contribution in [0.4, 0.5) is 24.7 Å². The molecule has 0 spiro atoms. The van der Waals surface area contributed by atoms with Gasteiger partial charge in [0, 0.05) is 63.1 Å². The third kappa shape index (κ3) is 6.59. The summed E-state index contributed by atoms with van der Waals surface area (Å²) in [4.78, 5) is 7.66. The van der Waals surface area contributed by atoms with Gasteiger partial charge in [0.2, 0.25) is 5.88 Å². The molecule has 3 aliphatic rings. The highest BCUT2D eigenvalue weighted by Gasteiger charge is 2.50. The van der Waals surface area contributed by atoms with Gasteiger partial charge in [-0.3, -0.25) is 0 Å². The standard InChI is InChI=1S/C23H36F3N5O5S/c1-17-16-35-12-9-30(17)18-13-20(27-21(14-18)36-22(2,3)4)31-6-5-29(15-19(31)23(24,25)26)37(32,33)28-7-10-34-11-8-28/h13-14,17,19H,5-12,15-16H2,1-4H3/t17-,19?/m1/s1. The zero-order valence-corrected chi connectivity index (χ0v) is 22.5. The number of aromatic nitrogens is 1. The Labute approximate surface area is 216 Å². The van der Waals surface area contributed by atoms with Crippen LogP contribution >= 0.6 is 0 Å². The zero-order valence-electron chi connectivity index (χ0n) is 21.7. The molecule has 3 fully saturated rings. The van der Waals surface area contributed by atoms with Gasteiger partial charge in [-0.2, -0.15) is 35.2 Å². The van der Waals surface area contributed by atoms with Crippen molar-refractivity contribution in [1.29, 1.82) is 0 Å². The topological polar surface area (TPSA) is 87.7 Å². The van der Waals surface area contributed by atoms with Crippen molar-refractivity contribution >= 4 is 21.7 Å². The number of morpholine rings is 2. The molecule has 0 aliphatic carbocycles. The van der Waals surface area contributed by atoms with Gasteiger partial charge in [0.05, 0.1) is 26.4 Å². The van der Waals surface area contributed by atoms with Crippen molar-refractivity contribution in [1.82, 2.24) is 13.6 Å². The Balaban J connectivity index is 1.67. The highest BCUT2D eigenvalue weighted by Crippen LogP contribution is 2.36. The quantitative estimate of drug-likeness (QED) is 0.550. The van der Waals surface area contributed by atoms with Gasteiger partial charge in [0.15, 0.2) is 0 Å². The van der Waals surface area contributed by atoms with Gasteiger partial charge in [-0.1, -0.05) is 0 Å². The van der Waals surface area contributed by atoms with Crippen molar-refractivity contribution in [3.05, 3.63) is 12.1 Å². The van der Waals surface area contributed by atoms with E-state index in [2.05, 4.69) is 9.88 Å². The number of hydrogen-bond acceptors (Lipinski definition) is 8. The summed E-state index contributed by atoms with van der Waals surface area (Å²) in [7, 11) is -4.06. The van der Waals surface area contributed by atoms with Crippen LogP contribution in [-0.2, 0) is 19.7 Å². The number of pyridine rings is 1. The van der Waals surface area contributed by atoms with Gasteiger partial charge < -0.3 is 24.0 Å². The van der Waals surface area contributed by atoms with Gasteiger partial charge in [0.1, 0.15) is 17.5 Å². The summed E-state index contributed by atoms with van der Waals surface area (Å²) >= 11 is 0. The van der Waals surface area contributed by atoms with Crippen LogP contribution in [0.15, 0.2) is 12.1 Å². The van der Waals surface area contributed by atoms with Gasteiger partial charge in [-0.25, -0.2) is 0 Å². The summed E-state index contributed by atoms with van der Waals surface area (Å²) in [5.41, 5.74) is 0.0674. The molecule has 1 aromatic rings. The highest BCUT2D eigenvalue weighted by molar-refractivity contribution is 7.86. The molecule has 0 aromatic carbocycles. The van der Waals surface area contributed by atoms with Crippen LogP contribution in [0.3, 0.4) is 0 Å². The monoisotopic (exact) mass is 551 g/mol. The summed E-state index contributed by atoms with van der Waals surface area (Å²) in [5, 5.41) is 0. The Kier molecular flexibility index (Phi) is 8.15. The predicted molar refractivity (Wildman–Crippen MR) is 132 cm³/mol. The average Bonchev–Trinajstić information content (AvgIpc) is 2.82. The van der Waals surface area contributed by atoms with Crippen LogP contribution in [0.2, 0.25) is 0 Å². The van der Waals surface area contributed by atoms with Crippen molar-refractivity contribution in [2.45, 2.75) is 51.6 Å². The Hall–Kier alpha value is -1.87. The van der Waals surface area contributed by atoms with Gasteiger partial charge in [-0.15, -0.1) is 0 Å². The molecule has 14 heteroatoms. The largest absolute Gasteiger partial charge is 0.472 e. The first-order valence-electron chi connectivity index (χ1n) is 12.5. The Bertz CT molecular complexity index is 1050. The normalized spacial score (nSPS) is 25.4. The summed E-state index contributed by atoms with van der Waals surface area (Å²) in [6.07, 6.45) is -4.69. The minimum absolute atomic E-state index is 0.0143. The second-order valence-electron chi connectivity index (χ2n) is 10.5. The summed E-state index contributed by atoms with van der Waals surface area (Å²) in [5.74, 6) is 0.309. The molecular formula is C23H36F3N5O5S. The fourth-order valence-electron chi connectivity index (χ4n) is 4.73. The van der Waals surface area contributed by atoms with Crippen LogP contribution in [0.25, 0.3) is 0 Å². The second-order valence-corrected chi connectivity index (χ2v) is 12.4. The predicted octanol–water partition coefficient (Wildman–Crippen LogP) is 2.11. The Morgan fingerprint density at radius 3 is 2.24 bits per heavy atom.